The molecule has 3 unspecified atom stereocenters. The Morgan fingerprint density at radius 2 is 1.79 bits per heavy atom. The number of piperidine rings is 1. The molecular formula is C26H31ClF3NO2. The first kappa shape index (κ1) is 24.4. The molecule has 1 saturated carbocycles. The molecule has 4 rings (SSSR count). The number of nitrogens with zero attached hydrogens (tertiary/aromatic N) is 1. The van der Waals surface area contributed by atoms with Gasteiger partial charge < -0.3 is 14.7 Å². The number of likely N-dealkylation sites (tertiary alicyclic amines) is 1. The van der Waals surface area contributed by atoms with E-state index in [0.29, 0.717) is 29.8 Å². The van der Waals surface area contributed by atoms with E-state index in [1.165, 1.54) is 12.1 Å². The van der Waals surface area contributed by atoms with Crippen molar-refractivity contribution in [3.8, 4) is 5.75 Å². The number of β-amino-alcohol motifs (C(OH)–C–C–N with tert-alkyl or cyclic N) is 1. The Labute approximate surface area is 198 Å². The van der Waals surface area contributed by atoms with Crippen molar-refractivity contribution in [2.45, 2.75) is 50.3 Å². The molecule has 0 bridgehead atoms. The summed E-state index contributed by atoms with van der Waals surface area (Å²) in [5.41, 5.74) is 0.268. The highest BCUT2D eigenvalue weighted by molar-refractivity contribution is 6.30. The van der Waals surface area contributed by atoms with Crippen molar-refractivity contribution < 1.29 is 23.0 Å². The Kier molecular flexibility index (Phi) is 7.27. The zero-order valence-electron chi connectivity index (χ0n) is 18.8. The quantitative estimate of drug-likeness (QED) is 0.512. The van der Waals surface area contributed by atoms with E-state index in [1.807, 2.05) is 24.3 Å². The van der Waals surface area contributed by atoms with Crippen molar-refractivity contribution in [2.75, 3.05) is 26.2 Å². The number of aliphatic hydroxyl groups is 1. The molecule has 1 saturated heterocycles. The van der Waals surface area contributed by atoms with Gasteiger partial charge >= 0.3 is 6.18 Å². The fourth-order valence-corrected chi connectivity index (χ4v) is 5.25. The molecule has 0 aromatic heterocycles. The maximum Gasteiger partial charge on any atom is 0.416 e. The van der Waals surface area contributed by atoms with Crippen LogP contribution >= 0.6 is 11.6 Å². The van der Waals surface area contributed by atoms with Crippen LogP contribution < -0.4 is 4.74 Å². The zero-order chi connectivity index (χ0) is 23.6. The summed E-state index contributed by atoms with van der Waals surface area (Å²) in [6.45, 7) is 4.96. The van der Waals surface area contributed by atoms with Crippen molar-refractivity contribution in [3.63, 3.8) is 0 Å². The van der Waals surface area contributed by atoms with Crippen molar-refractivity contribution in [2.24, 2.45) is 11.8 Å². The van der Waals surface area contributed by atoms with Crippen LogP contribution in [-0.2, 0) is 11.6 Å². The van der Waals surface area contributed by atoms with Crippen LogP contribution in [0.1, 0.15) is 43.7 Å². The third-order valence-electron chi connectivity index (χ3n) is 7.58. The van der Waals surface area contributed by atoms with Crippen LogP contribution in [0.3, 0.4) is 0 Å². The first-order chi connectivity index (χ1) is 15.7. The van der Waals surface area contributed by atoms with E-state index in [4.69, 9.17) is 16.3 Å². The van der Waals surface area contributed by atoms with E-state index in [-0.39, 0.29) is 11.3 Å². The van der Waals surface area contributed by atoms with Crippen LogP contribution in [-0.4, -0.2) is 42.4 Å². The summed E-state index contributed by atoms with van der Waals surface area (Å²) in [7, 11) is 0. The minimum Gasteiger partial charge on any atom is -0.493 e. The normalized spacial score (nSPS) is 24.2. The molecule has 1 aliphatic carbocycles. The number of benzene rings is 2. The fraction of sp³-hybridized carbons (Fsp3) is 0.538. The topological polar surface area (TPSA) is 32.7 Å². The Balaban J connectivity index is 1.35. The largest absolute Gasteiger partial charge is 0.493 e. The Bertz CT molecular complexity index is 913. The minimum atomic E-state index is -4.35. The Hall–Kier alpha value is -1.76. The Morgan fingerprint density at radius 3 is 2.36 bits per heavy atom. The lowest BCUT2D eigenvalue weighted by Gasteiger charge is -2.48. The first-order valence-corrected chi connectivity index (χ1v) is 12.0. The van der Waals surface area contributed by atoms with Gasteiger partial charge in [0.05, 0.1) is 18.3 Å². The van der Waals surface area contributed by atoms with E-state index in [1.54, 1.807) is 0 Å². The van der Waals surface area contributed by atoms with Gasteiger partial charge in [0.1, 0.15) is 5.75 Å². The number of hydrogen-bond acceptors (Lipinski definition) is 3. The van der Waals surface area contributed by atoms with E-state index >= 15 is 0 Å². The third-order valence-corrected chi connectivity index (χ3v) is 7.83. The molecule has 0 amide bonds. The molecule has 0 spiro atoms. The molecule has 3 atom stereocenters. The summed E-state index contributed by atoms with van der Waals surface area (Å²) in [6.07, 6.45) is -0.748. The minimum absolute atomic E-state index is 0.208. The zero-order valence-corrected chi connectivity index (χ0v) is 19.6. The van der Waals surface area contributed by atoms with Crippen LogP contribution in [0.5, 0.6) is 5.75 Å². The van der Waals surface area contributed by atoms with Gasteiger partial charge in [0.2, 0.25) is 0 Å². The van der Waals surface area contributed by atoms with Crippen molar-refractivity contribution in [1.29, 1.82) is 0 Å². The number of aliphatic hydroxyl groups excluding tert-OH is 1. The van der Waals surface area contributed by atoms with Crippen LogP contribution in [0.15, 0.2) is 48.5 Å². The smallest absolute Gasteiger partial charge is 0.416 e. The van der Waals surface area contributed by atoms with E-state index in [0.717, 1.165) is 56.5 Å². The summed E-state index contributed by atoms with van der Waals surface area (Å²) in [5.74, 6) is 1.14. The number of alkyl halides is 3. The molecule has 1 heterocycles. The van der Waals surface area contributed by atoms with Gasteiger partial charge in [0.15, 0.2) is 0 Å². The van der Waals surface area contributed by atoms with Gasteiger partial charge in [-0.3, -0.25) is 0 Å². The number of hydrogen-bond donors (Lipinski definition) is 1. The van der Waals surface area contributed by atoms with Crippen molar-refractivity contribution >= 4 is 11.6 Å². The molecule has 0 radical (unpaired) electrons. The number of rotatable bonds is 7. The molecule has 2 aromatic rings. The molecule has 2 fully saturated rings. The molecule has 1 aliphatic heterocycles. The highest BCUT2D eigenvalue weighted by Crippen LogP contribution is 2.47. The summed E-state index contributed by atoms with van der Waals surface area (Å²) in [4.78, 5) is 2.31. The summed E-state index contributed by atoms with van der Waals surface area (Å²) in [6, 6.07) is 12.7. The number of halogens is 4. The predicted molar refractivity (Wildman–Crippen MR) is 124 cm³/mol. The van der Waals surface area contributed by atoms with Gasteiger partial charge in [-0.15, -0.1) is 0 Å². The highest BCUT2D eigenvalue weighted by Gasteiger charge is 2.45. The van der Waals surface area contributed by atoms with Crippen LogP contribution in [0, 0.1) is 11.8 Å². The van der Waals surface area contributed by atoms with E-state index in [9.17, 15) is 18.3 Å². The summed E-state index contributed by atoms with van der Waals surface area (Å²) < 4.78 is 44.1. The molecule has 2 aliphatic rings. The van der Waals surface area contributed by atoms with Gasteiger partial charge in [0, 0.05) is 29.4 Å². The fourth-order valence-electron chi connectivity index (χ4n) is 5.12. The maximum absolute atomic E-state index is 12.8. The van der Waals surface area contributed by atoms with Crippen molar-refractivity contribution in [3.05, 3.63) is 64.7 Å². The standard InChI is InChI=1S/C26H31ClF3NO2/c1-18-11-14-31(15-19(18)17-33-23-9-5-21(6-10-23)26(28,29)30)16-24(32)25(12-2-13-25)20-3-7-22(27)8-4-20/h3-10,18-19,24,32H,2,11-17H2,1H3. The van der Waals surface area contributed by atoms with Crippen LogP contribution in [0.4, 0.5) is 13.2 Å². The average molecular weight is 482 g/mol. The second kappa shape index (κ2) is 9.85. The monoisotopic (exact) mass is 481 g/mol. The molecular weight excluding hydrogens is 451 g/mol. The SMILES string of the molecule is CC1CCN(CC(O)C2(c3ccc(Cl)cc3)CCC2)CC1COc1ccc(C(F)(F)F)cc1. The Morgan fingerprint density at radius 1 is 1.12 bits per heavy atom. The maximum atomic E-state index is 12.8. The lowest BCUT2D eigenvalue weighted by Crippen LogP contribution is -2.53. The van der Waals surface area contributed by atoms with Crippen LogP contribution in [0.2, 0.25) is 5.02 Å². The molecule has 3 nitrogen and oxygen atoms in total. The molecule has 1 N–H and O–H groups in total. The average Bonchev–Trinajstić information content (AvgIpc) is 2.74. The summed E-state index contributed by atoms with van der Waals surface area (Å²) in [5, 5.41) is 11.9. The van der Waals surface area contributed by atoms with Gasteiger partial charge in [-0.05, 0) is 73.7 Å². The second-order valence-electron chi connectivity index (χ2n) is 9.65. The lowest BCUT2D eigenvalue weighted by atomic mass is 9.61. The van der Waals surface area contributed by atoms with Gasteiger partial charge in [-0.1, -0.05) is 37.1 Å². The van der Waals surface area contributed by atoms with Crippen molar-refractivity contribution in [1.82, 2.24) is 4.90 Å². The highest BCUT2D eigenvalue weighted by atomic mass is 35.5. The second-order valence-corrected chi connectivity index (χ2v) is 10.1. The molecule has 180 valence electrons. The van der Waals surface area contributed by atoms with Gasteiger partial charge in [-0.25, -0.2) is 0 Å². The van der Waals surface area contributed by atoms with E-state index < -0.39 is 17.8 Å². The first-order valence-electron chi connectivity index (χ1n) is 11.6. The van der Waals surface area contributed by atoms with Gasteiger partial charge in [-0.2, -0.15) is 13.2 Å². The predicted octanol–water partition coefficient (Wildman–Crippen LogP) is 6.18. The van der Waals surface area contributed by atoms with E-state index in [2.05, 4.69) is 11.8 Å². The third kappa shape index (κ3) is 5.50. The lowest BCUT2D eigenvalue weighted by molar-refractivity contribution is -0.137. The number of ether oxygens (including phenoxy) is 1. The molecule has 33 heavy (non-hydrogen) atoms. The van der Waals surface area contributed by atoms with Gasteiger partial charge in [0.25, 0.3) is 0 Å². The molecule has 2 aromatic carbocycles. The summed E-state index contributed by atoms with van der Waals surface area (Å²) >= 11 is 6.06. The van der Waals surface area contributed by atoms with Crippen LogP contribution in [0.25, 0.3) is 0 Å². The molecule has 7 heteroatoms.